The maximum Gasteiger partial charge on any atom is 0.409 e. The van der Waals surface area contributed by atoms with E-state index in [-0.39, 0.29) is 28.0 Å². The summed E-state index contributed by atoms with van der Waals surface area (Å²) in [5.74, 6) is -0.943. The number of nitrogens with one attached hydrogen (secondary N) is 2. The maximum absolute atomic E-state index is 13.2. The summed E-state index contributed by atoms with van der Waals surface area (Å²) < 4.78 is 63.2. The fourth-order valence-corrected chi connectivity index (χ4v) is 2.86. The van der Waals surface area contributed by atoms with E-state index in [1.807, 2.05) is 5.32 Å². The highest BCUT2D eigenvalue weighted by Gasteiger charge is 2.38. The molecule has 2 N–H and O–H groups in total. The summed E-state index contributed by atoms with van der Waals surface area (Å²) in [4.78, 5) is 33.2. The van der Waals surface area contributed by atoms with Crippen LogP contribution in [0.3, 0.4) is 0 Å². The molecule has 154 valence electrons. The van der Waals surface area contributed by atoms with Crippen LogP contribution >= 0.6 is 0 Å². The molecule has 11 heteroatoms. The fourth-order valence-electron chi connectivity index (χ4n) is 2.86. The Morgan fingerprint density at radius 3 is 2.79 bits per heavy atom. The number of rotatable bonds is 5. The Bertz CT molecular complexity index is 1220. The van der Waals surface area contributed by atoms with Crippen molar-refractivity contribution in [1.82, 2.24) is 24.4 Å². The number of halogens is 3. The van der Waals surface area contributed by atoms with Crippen molar-refractivity contribution < 1.29 is 22.1 Å². The monoisotopic (exact) mass is 411 g/mol. The lowest BCUT2D eigenvalue weighted by molar-refractivity contribution is -0.163. The number of hydrogen-bond donors (Lipinski definition) is 2. The number of aromatic nitrogens is 4. The second-order valence-corrected chi connectivity index (χ2v) is 6.20. The molecule has 3 rings (SSSR count). The lowest BCUT2D eigenvalue weighted by Crippen LogP contribution is -2.32. The molecule has 0 bridgehead atoms. The summed E-state index contributed by atoms with van der Waals surface area (Å²) in [5, 5.41) is 4.58. The summed E-state index contributed by atoms with van der Waals surface area (Å²) in [5.41, 5.74) is -0.674. The number of anilines is 2. The first-order valence-electron chi connectivity index (χ1n) is 10.0. The molecule has 3 aromatic rings. The normalized spacial score (nSPS) is 14.7. The van der Waals surface area contributed by atoms with Crippen LogP contribution in [0.4, 0.5) is 24.5 Å². The molecule has 0 aliphatic heterocycles. The third-order valence-electron chi connectivity index (χ3n) is 4.48. The summed E-state index contributed by atoms with van der Waals surface area (Å²) in [6.07, 6.45) is 0.125. The number of amides is 1. The van der Waals surface area contributed by atoms with E-state index < -0.39 is 30.7 Å². The SMILES string of the molecule is [2H]C([2H])([2H])NC(=O)c1cnccc1Nc1cn(CC)c2ncn(C(C)C(F)(F)F)c(=O)c12. The van der Waals surface area contributed by atoms with Crippen molar-refractivity contribution in [2.24, 2.45) is 0 Å². The summed E-state index contributed by atoms with van der Waals surface area (Å²) in [7, 11) is 0. The van der Waals surface area contributed by atoms with Crippen LogP contribution in [0.25, 0.3) is 11.0 Å². The molecule has 8 nitrogen and oxygen atoms in total. The molecule has 1 amide bonds. The Labute approximate surface area is 167 Å². The van der Waals surface area contributed by atoms with Crippen molar-refractivity contribution >= 4 is 28.3 Å². The zero-order valence-electron chi connectivity index (χ0n) is 18.4. The predicted octanol–water partition coefficient (Wildman–Crippen LogP) is 2.84. The molecular formula is C18H19F3N6O2. The predicted molar refractivity (Wildman–Crippen MR) is 101 cm³/mol. The first-order valence-corrected chi connectivity index (χ1v) is 8.53. The number of carbonyl (C=O) groups excluding carboxylic acids is 1. The van der Waals surface area contributed by atoms with Crippen molar-refractivity contribution in [2.75, 3.05) is 12.3 Å². The van der Waals surface area contributed by atoms with E-state index in [2.05, 4.69) is 15.3 Å². The van der Waals surface area contributed by atoms with Gasteiger partial charge in [-0.05, 0) is 19.9 Å². The van der Waals surface area contributed by atoms with Gasteiger partial charge in [-0.3, -0.25) is 19.1 Å². The molecule has 0 aliphatic carbocycles. The van der Waals surface area contributed by atoms with Gasteiger partial charge < -0.3 is 15.2 Å². The van der Waals surface area contributed by atoms with Crippen LogP contribution in [-0.4, -0.2) is 38.2 Å². The smallest absolute Gasteiger partial charge is 0.355 e. The molecule has 3 aromatic heterocycles. The van der Waals surface area contributed by atoms with Crippen LogP contribution in [0.15, 0.2) is 35.8 Å². The van der Waals surface area contributed by atoms with E-state index in [1.165, 1.54) is 18.5 Å². The first-order chi connectivity index (χ1) is 14.8. The minimum absolute atomic E-state index is 0.107. The fraction of sp³-hybridized carbons (Fsp3) is 0.333. The largest absolute Gasteiger partial charge is 0.409 e. The molecule has 0 spiro atoms. The quantitative estimate of drug-likeness (QED) is 0.673. The van der Waals surface area contributed by atoms with Crippen molar-refractivity contribution in [1.29, 1.82) is 0 Å². The summed E-state index contributed by atoms with van der Waals surface area (Å²) in [6, 6.07) is -0.733. The molecule has 0 saturated carbocycles. The van der Waals surface area contributed by atoms with E-state index >= 15 is 0 Å². The van der Waals surface area contributed by atoms with Crippen LogP contribution in [0.2, 0.25) is 0 Å². The molecule has 29 heavy (non-hydrogen) atoms. The van der Waals surface area contributed by atoms with Crippen molar-refractivity contribution in [3.05, 3.63) is 46.9 Å². The average Bonchev–Trinajstić information content (AvgIpc) is 3.04. The lowest BCUT2D eigenvalue weighted by atomic mass is 10.2. The Hall–Kier alpha value is -3.37. The Morgan fingerprint density at radius 1 is 1.38 bits per heavy atom. The van der Waals surface area contributed by atoms with Gasteiger partial charge in [0.1, 0.15) is 23.4 Å². The van der Waals surface area contributed by atoms with Gasteiger partial charge in [-0.2, -0.15) is 13.2 Å². The van der Waals surface area contributed by atoms with Gasteiger partial charge in [0, 0.05) is 36.2 Å². The number of nitrogens with zero attached hydrogens (tertiary/aromatic N) is 4. The number of pyridine rings is 1. The second-order valence-electron chi connectivity index (χ2n) is 6.20. The highest BCUT2D eigenvalue weighted by Crippen LogP contribution is 2.31. The Morgan fingerprint density at radius 2 is 2.14 bits per heavy atom. The van der Waals surface area contributed by atoms with E-state index in [0.717, 1.165) is 19.4 Å². The maximum atomic E-state index is 13.2. The Kier molecular flexibility index (Phi) is 4.32. The lowest BCUT2D eigenvalue weighted by Gasteiger charge is -2.18. The molecular weight excluding hydrogens is 389 g/mol. The molecule has 0 aliphatic rings. The Balaban J connectivity index is 2.13. The second kappa shape index (κ2) is 7.57. The van der Waals surface area contributed by atoms with Crippen LogP contribution in [0, 0.1) is 0 Å². The van der Waals surface area contributed by atoms with Crippen molar-refractivity contribution in [3.63, 3.8) is 0 Å². The van der Waals surface area contributed by atoms with Crippen molar-refractivity contribution in [2.45, 2.75) is 32.6 Å². The number of alkyl halides is 3. The van der Waals surface area contributed by atoms with Crippen molar-refractivity contribution in [3.8, 4) is 0 Å². The summed E-state index contributed by atoms with van der Waals surface area (Å²) >= 11 is 0. The van der Waals surface area contributed by atoms with Gasteiger partial charge in [0.2, 0.25) is 0 Å². The van der Waals surface area contributed by atoms with Gasteiger partial charge in [-0.25, -0.2) is 4.98 Å². The van der Waals surface area contributed by atoms with E-state index in [1.54, 1.807) is 11.5 Å². The van der Waals surface area contributed by atoms with Crippen LogP contribution in [-0.2, 0) is 6.54 Å². The highest BCUT2D eigenvalue weighted by atomic mass is 19.4. The zero-order chi connectivity index (χ0) is 23.8. The topological polar surface area (TPSA) is 93.8 Å². The standard InChI is InChI=1S/C18H19F3N6O2/c1-4-26-8-13(25-12-5-6-23-7-11(12)16(28)22-3)14-15(26)24-9-27(17(14)29)10(2)18(19,20)21/h5-10H,4H2,1-3H3,(H,22,28)(H,23,25)/i3D3. The highest BCUT2D eigenvalue weighted by molar-refractivity contribution is 6.01. The third-order valence-corrected chi connectivity index (χ3v) is 4.48. The molecule has 0 fully saturated rings. The molecule has 0 saturated heterocycles. The number of carbonyl (C=O) groups is 1. The average molecular weight is 411 g/mol. The van der Waals surface area contributed by atoms with E-state index in [4.69, 9.17) is 4.11 Å². The molecule has 1 unspecified atom stereocenters. The minimum Gasteiger partial charge on any atom is -0.355 e. The number of aryl methyl sites for hydroxylation is 1. The van der Waals surface area contributed by atoms with Crippen LogP contribution in [0.1, 0.15) is 34.4 Å². The molecule has 0 aromatic carbocycles. The first kappa shape index (κ1) is 16.6. The van der Waals surface area contributed by atoms with Gasteiger partial charge in [0.05, 0.1) is 16.9 Å². The van der Waals surface area contributed by atoms with Crippen LogP contribution in [0.5, 0.6) is 0 Å². The number of hydrogen-bond acceptors (Lipinski definition) is 5. The minimum atomic E-state index is -4.66. The van der Waals surface area contributed by atoms with Gasteiger partial charge >= 0.3 is 6.18 Å². The van der Waals surface area contributed by atoms with Gasteiger partial charge in [0.15, 0.2) is 0 Å². The number of fused-ring (bicyclic) bond motifs is 1. The van der Waals surface area contributed by atoms with Gasteiger partial charge in [-0.1, -0.05) is 0 Å². The van der Waals surface area contributed by atoms with Gasteiger partial charge in [0.25, 0.3) is 11.5 Å². The molecule has 3 heterocycles. The summed E-state index contributed by atoms with van der Waals surface area (Å²) in [6.45, 7) is 0.232. The van der Waals surface area contributed by atoms with Gasteiger partial charge in [-0.15, -0.1) is 0 Å². The molecule has 0 radical (unpaired) electrons. The van der Waals surface area contributed by atoms with E-state index in [0.29, 0.717) is 11.1 Å². The van der Waals surface area contributed by atoms with E-state index in [9.17, 15) is 22.8 Å². The zero-order valence-corrected chi connectivity index (χ0v) is 15.4. The van der Waals surface area contributed by atoms with Crippen LogP contribution < -0.4 is 16.2 Å². The molecule has 1 atom stereocenters. The third kappa shape index (κ3) is 3.67.